The van der Waals surface area contributed by atoms with E-state index in [1.165, 1.54) is 51.8 Å². The average molecular weight is 489 g/mol. The minimum absolute atomic E-state index is 0. The number of hydrogen-bond donors (Lipinski definition) is 0. The van der Waals surface area contributed by atoms with E-state index in [0.29, 0.717) is 0 Å². The molecule has 23 heavy (non-hydrogen) atoms. The Kier molecular flexibility index (Phi) is 27.2. The third kappa shape index (κ3) is 16.9. The molecule has 1 nitrogen and oxygen atoms in total. The normalized spacial score (nSPS) is 9.43. The van der Waals surface area contributed by atoms with Crippen LogP contribution in [0.1, 0.15) is 59.3 Å². The van der Waals surface area contributed by atoms with Crippen molar-refractivity contribution in [2.24, 2.45) is 0 Å². The van der Waals surface area contributed by atoms with E-state index in [9.17, 15) is 0 Å². The topological polar surface area (TPSA) is 23.8 Å². The Morgan fingerprint density at radius 2 is 1.48 bits per heavy atom. The molecular formula is C19H32CuNSSn-3. The number of hydrogen-bond acceptors (Lipinski definition) is 2. The molecule has 0 amide bonds. The zero-order valence-corrected chi connectivity index (χ0v) is 19.5. The summed E-state index contributed by atoms with van der Waals surface area (Å²) in [5.74, 6) is 0. The van der Waals surface area contributed by atoms with Crippen LogP contribution >= 0.6 is 11.3 Å². The van der Waals surface area contributed by atoms with Gasteiger partial charge in [0.2, 0.25) is 0 Å². The summed E-state index contributed by atoms with van der Waals surface area (Å²) in [6.07, 6.45) is 8.26. The Morgan fingerprint density at radius 1 is 1.04 bits per heavy atom. The van der Waals surface area contributed by atoms with Gasteiger partial charge in [0.1, 0.15) is 0 Å². The van der Waals surface area contributed by atoms with Crippen LogP contribution < -0.4 is 0 Å². The molecule has 137 valence electrons. The zero-order valence-electron chi connectivity index (χ0n) is 14.9. The zero-order chi connectivity index (χ0) is 17.1. The van der Waals surface area contributed by atoms with Crippen LogP contribution in [0, 0.1) is 23.8 Å². The molecule has 1 radical (unpaired) electrons. The maximum Gasteiger partial charge on any atom is 0 e. The fourth-order valence-corrected chi connectivity index (χ4v) is 15.4. The first kappa shape index (κ1) is 28.1. The molecule has 1 aromatic heterocycles. The molecule has 0 spiro atoms. The molecule has 0 aliphatic rings. The van der Waals surface area contributed by atoms with E-state index in [2.05, 4.69) is 30.2 Å². The average Bonchev–Trinajstić information content (AvgIpc) is 3.16. The van der Waals surface area contributed by atoms with Gasteiger partial charge < -0.3 is 23.2 Å². The van der Waals surface area contributed by atoms with Crippen LogP contribution in [0.15, 0.2) is 21.6 Å². The van der Waals surface area contributed by atoms with Crippen molar-refractivity contribution in [1.82, 2.24) is 0 Å². The largest absolute Gasteiger partial charge is 0.304 e. The summed E-state index contributed by atoms with van der Waals surface area (Å²) in [5.41, 5.74) is 0. The quantitative estimate of drug-likeness (QED) is 0.257. The van der Waals surface area contributed by atoms with Crippen molar-refractivity contribution in [3.63, 3.8) is 0 Å². The Balaban J connectivity index is -0.000000415. The molecule has 0 N–H and O–H groups in total. The van der Waals surface area contributed by atoms with Gasteiger partial charge >= 0.3 is 102 Å². The van der Waals surface area contributed by atoms with Gasteiger partial charge in [-0.2, -0.15) is 11.4 Å². The smallest absolute Gasteiger partial charge is 0 e. The van der Waals surface area contributed by atoms with Crippen LogP contribution in [0.3, 0.4) is 0 Å². The third-order valence-corrected chi connectivity index (χ3v) is 18.0. The van der Waals surface area contributed by atoms with Gasteiger partial charge in [0, 0.05) is 17.1 Å². The summed E-state index contributed by atoms with van der Waals surface area (Å²) in [7, 11) is 0. The fourth-order valence-electron chi connectivity index (χ4n) is 2.41. The molecule has 0 bridgehead atoms. The van der Waals surface area contributed by atoms with Crippen molar-refractivity contribution >= 4 is 29.7 Å². The molecule has 0 unspecified atom stereocenters. The van der Waals surface area contributed by atoms with Gasteiger partial charge in [-0.05, 0) is 0 Å². The summed E-state index contributed by atoms with van der Waals surface area (Å²) in [6, 6.07) is 3.86. The Hall–Kier alpha value is 0.248. The predicted octanol–water partition coefficient (Wildman–Crippen LogP) is 7.01. The van der Waals surface area contributed by atoms with Crippen LogP contribution in [0.5, 0.6) is 0 Å². The molecule has 4 heteroatoms. The third-order valence-electron chi connectivity index (χ3n) is 3.82. The fraction of sp³-hybridized carbons (Fsp3) is 0.632. The molecule has 0 atom stereocenters. The van der Waals surface area contributed by atoms with Crippen LogP contribution in [0.25, 0.3) is 0 Å². The Bertz CT molecular complexity index is 299. The first-order chi connectivity index (χ1) is 10.7. The standard InChI is InChI=1S/C4H3S.3C4H9.C2H2.CN.Cu.Sn/c1-2-4-5-3-1;3*1-3-4-2;2*1-2;;/h1-3H;3*1,3-4H2,2H3;1-2H;;;/q-1;;;;2*-1;;. The van der Waals surface area contributed by atoms with Gasteiger partial charge in [-0.15, -0.1) is 5.38 Å². The van der Waals surface area contributed by atoms with E-state index in [-0.39, 0.29) is 17.1 Å². The predicted molar refractivity (Wildman–Crippen MR) is 102 cm³/mol. The minimum atomic E-state index is -1.96. The van der Waals surface area contributed by atoms with Gasteiger partial charge in [0.05, 0.1) is 0 Å². The van der Waals surface area contributed by atoms with Gasteiger partial charge in [0.15, 0.2) is 0 Å². The minimum Gasteiger partial charge on any atom is -0.304 e. The summed E-state index contributed by atoms with van der Waals surface area (Å²) in [4.78, 5) is 0. The summed E-state index contributed by atoms with van der Waals surface area (Å²) in [5, 5.41) is 11.1. The van der Waals surface area contributed by atoms with Crippen molar-refractivity contribution in [2.75, 3.05) is 0 Å². The molecule has 0 aromatic carbocycles. The van der Waals surface area contributed by atoms with Gasteiger partial charge in [-0.3, -0.25) is 0 Å². The molecule has 0 aliphatic heterocycles. The summed E-state index contributed by atoms with van der Waals surface area (Å²) < 4.78 is 6.72. The van der Waals surface area contributed by atoms with Gasteiger partial charge in [-0.1, -0.05) is 0 Å². The number of nitrogens with zero attached hydrogens (tertiary/aromatic N) is 1. The molecule has 0 aliphatic carbocycles. The summed E-state index contributed by atoms with van der Waals surface area (Å²) >= 11 is -0.374. The van der Waals surface area contributed by atoms with E-state index in [1.54, 1.807) is 11.3 Å². The van der Waals surface area contributed by atoms with Crippen LogP contribution in [0.2, 0.25) is 13.3 Å². The van der Waals surface area contributed by atoms with Crippen molar-refractivity contribution in [3.8, 4) is 0 Å². The van der Waals surface area contributed by atoms with Crippen LogP contribution in [-0.4, -0.2) is 18.4 Å². The first-order valence-corrected chi connectivity index (χ1v) is 17.0. The molecule has 0 saturated heterocycles. The molecule has 1 rings (SSSR count). The molecular weight excluding hydrogens is 457 g/mol. The van der Waals surface area contributed by atoms with Gasteiger partial charge in [0.25, 0.3) is 0 Å². The maximum atomic E-state index is 6.25. The second-order valence-corrected chi connectivity index (χ2v) is 19.3. The van der Waals surface area contributed by atoms with E-state index < -0.39 is 18.4 Å². The second kappa shape index (κ2) is 22.2. The van der Waals surface area contributed by atoms with Crippen LogP contribution in [-0.2, 0) is 17.1 Å². The van der Waals surface area contributed by atoms with E-state index >= 15 is 0 Å². The number of thiophene rings is 1. The van der Waals surface area contributed by atoms with E-state index in [0.717, 1.165) is 0 Å². The maximum absolute atomic E-state index is 6.25. The van der Waals surface area contributed by atoms with E-state index in [1.807, 2.05) is 17.5 Å². The van der Waals surface area contributed by atoms with Crippen molar-refractivity contribution in [1.29, 1.82) is 5.26 Å². The Labute approximate surface area is 163 Å². The number of unbranched alkanes of at least 4 members (excludes halogenated alkanes) is 3. The molecule has 0 fully saturated rings. The van der Waals surface area contributed by atoms with E-state index in [4.69, 9.17) is 18.4 Å². The molecule has 0 saturated carbocycles. The number of rotatable bonds is 10. The second-order valence-electron chi connectivity index (χ2n) is 5.57. The van der Waals surface area contributed by atoms with Crippen molar-refractivity contribution in [2.45, 2.75) is 72.6 Å². The summed E-state index contributed by atoms with van der Waals surface area (Å²) in [6.45, 7) is 17.6. The SMILES string of the molecule is [C-]#N.[CH-]=[CH][Sn]([CH2]CCC)([CH2]CCC)[CH2]CCC.[Cu].[c-]1cccs1. The molecule has 1 heterocycles. The molecule has 1 aromatic rings. The van der Waals surface area contributed by atoms with Crippen molar-refractivity contribution < 1.29 is 17.1 Å². The van der Waals surface area contributed by atoms with Crippen molar-refractivity contribution in [3.05, 3.63) is 40.1 Å². The van der Waals surface area contributed by atoms with Crippen LogP contribution in [0.4, 0.5) is 0 Å². The first-order valence-electron chi connectivity index (χ1n) is 8.42. The monoisotopic (exact) mass is 489 g/mol. The Morgan fingerprint density at radius 3 is 1.65 bits per heavy atom. The van der Waals surface area contributed by atoms with Gasteiger partial charge in [-0.25, -0.2) is 6.07 Å².